The zero-order valence-electron chi connectivity index (χ0n) is 12.0. The number of nitrogens with zero attached hydrogens (tertiary/aromatic N) is 5. The molecule has 122 valence electrons. The van der Waals surface area contributed by atoms with Gasteiger partial charge in [-0.05, 0) is 13.8 Å². The molecule has 0 saturated heterocycles. The molecule has 0 aromatic carbocycles. The van der Waals surface area contributed by atoms with E-state index < -0.39 is 28.7 Å². The van der Waals surface area contributed by atoms with Crippen molar-refractivity contribution in [3.05, 3.63) is 27.7 Å². The fraction of sp³-hybridized carbons (Fsp3) is 0.417. The summed E-state index contributed by atoms with van der Waals surface area (Å²) in [6.45, 7) is 1.61. The number of fused-ring (bicyclic) bond motifs is 3. The number of alkyl halides is 3. The van der Waals surface area contributed by atoms with Crippen LogP contribution in [0.2, 0.25) is 0 Å². The zero-order chi connectivity index (χ0) is 17.2. The van der Waals surface area contributed by atoms with E-state index in [1.807, 2.05) is 0 Å². The van der Waals surface area contributed by atoms with Crippen LogP contribution >= 0.6 is 0 Å². The number of hydrogen-bond donors (Lipinski definition) is 0. The van der Waals surface area contributed by atoms with Gasteiger partial charge in [0.2, 0.25) is 12.1 Å². The van der Waals surface area contributed by atoms with E-state index in [4.69, 9.17) is 0 Å². The number of amides is 1. The highest BCUT2D eigenvalue weighted by molar-refractivity contribution is 5.82. The summed E-state index contributed by atoms with van der Waals surface area (Å²) < 4.78 is 41.6. The summed E-state index contributed by atoms with van der Waals surface area (Å²) in [5.41, 5.74) is -3.60. The lowest BCUT2D eigenvalue weighted by Gasteiger charge is -2.27. The van der Waals surface area contributed by atoms with Crippen LogP contribution in [0.3, 0.4) is 0 Å². The van der Waals surface area contributed by atoms with Crippen LogP contribution in [0.4, 0.5) is 24.5 Å². The Morgan fingerprint density at radius 1 is 1.48 bits per heavy atom. The normalized spacial score (nSPS) is 20.8. The molecule has 1 amide bonds. The highest BCUT2D eigenvalue weighted by atomic mass is 19.4. The molecule has 1 atom stereocenters. The van der Waals surface area contributed by atoms with Crippen LogP contribution in [0.25, 0.3) is 5.65 Å². The molecule has 1 unspecified atom stereocenters. The molecule has 2 aromatic heterocycles. The number of aryl methyl sites for hydroxylation is 1. The highest BCUT2D eigenvalue weighted by Crippen LogP contribution is 2.49. The van der Waals surface area contributed by atoms with Crippen LogP contribution < -0.4 is 4.90 Å². The van der Waals surface area contributed by atoms with Gasteiger partial charge in [0.15, 0.2) is 0 Å². The number of carbonyl (C=O) groups excluding carboxylic acids is 1. The molecule has 0 bridgehead atoms. The van der Waals surface area contributed by atoms with Crippen molar-refractivity contribution in [3.63, 3.8) is 0 Å². The van der Waals surface area contributed by atoms with E-state index in [9.17, 15) is 28.1 Å². The number of hydrogen-bond acceptors (Lipinski definition) is 5. The molecule has 1 aliphatic heterocycles. The predicted molar refractivity (Wildman–Crippen MR) is 71.2 cm³/mol. The Hall–Kier alpha value is -2.72. The molecule has 0 N–H and O–H groups in total. The number of halogens is 3. The van der Waals surface area contributed by atoms with Gasteiger partial charge in [-0.15, -0.1) is 0 Å². The molecular weight excluding hydrogens is 319 g/mol. The third-order valence-electron chi connectivity index (χ3n) is 4.02. The fourth-order valence-electron chi connectivity index (χ4n) is 2.83. The lowest BCUT2D eigenvalue weighted by atomic mass is 9.88. The Morgan fingerprint density at radius 3 is 2.65 bits per heavy atom. The van der Waals surface area contributed by atoms with Crippen molar-refractivity contribution in [2.75, 3.05) is 11.4 Å². The Bertz CT molecular complexity index is 847. The largest absolute Gasteiger partial charge is 0.401 e. The van der Waals surface area contributed by atoms with Crippen LogP contribution in [-0.4, -0.2) is 38.7 Å². The molecule has 23 heavy (non-hydrogen) atoms. The van der Waals surface area contributed by atoms with E-state index in [0.717, 1.165) is 22.5 Å². The van der Waals surface area contributed by atoms with Crippen molar-refractivity contribution in [1.82, 2.24) is 14.6 Å². The summed E-state index contributed by atoms with van der Waals surface area (Å²) in [6, 6.07) is 0. The second-order valence-corrected chi connectivity index (χ2v) is 5.48. The number of carbonyl (C=O) groups is 1. The van der Waals surface area contributed by atoms with Gasteiger partial charge >= 0.3 is 11.9 Å². The maximum atomic E-state index is 13.6. The molecule has 0 saturated carbocycles. The van der Waals surface area contributed by atoms with Crippen molar-refractivity contribution < 1.29 is 22.9 Å². The van der Waals surface area contributed by atoms with Gasteiger partial charge < -0.3 is 4.90 Å². The summed E-state index contributed by atoms with van der Waals surface area (Å²) in [6.07, 6.45) is -3.37. The van der Waals surface area contributed by atoms with Gasteiger partial charge in [-0.1, -0.05) is 0 Å². The number of aromatic nitrogens is 3. The molecule has 0 aliphatic carbocycles. The molecule has 8 nitrogen and oxygen atoms in total. The number of rotatable bonds is 2. The summed E-state index contributed by atoms with van der Waals surface area (Å²) in [4.78, 5) is 26.2. The first-order valence-corrected chi connectivity index (χ1v) is 6.43. The molecule has 0 spiro atoms. The summed E-state index contributed by atoms with van der Waals surface area (Å²) in [5.74, 6) is 0. The Kier molecular flexibility index (Phi) is 2.90. The van der Waals surface area contributed by atoms with E-state index in [1.54, 1.807) is 0 Å². The Morgan fingerprint density at radius 2 is 2.13 bits per heavy atom. The average Bonchev–Trinajstić information content (AvgIpc) is 2.92. The third kappa shape index (κ3) is 1.82. The average molecular weight is 329 g/mol. The molecule has 0 fully saturated rings. The SMILES string of the molecule is Cc1nn2c3c(cnc2c1[N+](=O)[O-])N(C=O)CC3(C)C(F)(F)F. The maximum absolute atomic E-state index is 13.6. The molecular formula is C12H10F3N5O3. The first-order valence-electron chi connectivity index (χ1n) is 6.43. The molecule has 1 aliphatic rings. The van der Waals surface area contributed by atoms with Gasteiger partial charge in [0, 0.05) is 6.54 Å². The minimum absolute atomic E-state index is 0.0509. The van der Waals surface area contributed by atoms with Crippen LogP contribution in [0.1, 0.15) is 18.3 Å². The predicted octanol–water partition coefficient (Wildman–Crippen LogP) is 1.74. The molecule has 11 heteroatoms. The van der Waals surface area contributed by atoms with Gasteiger partial charge in [-0.25, -0.2) is 9.50 Å². The van der Waals surface area contributed by atoms with Gasteiger partial charge in [0.05, 0.1) is 22.5 Å². The molecule has 3 rings (SSSR count). The van der Waals surface area contributed by atoms with Gasteiger partial charge in [-0.2, -0.15) is 18.3 Å². The highest BCUT2D eigenvalue weighted by Gasteiger charge is 2.60. The Balaban J connectivity index is 2.43. The van der Waals surface area contributed by atoms with E-state index in [2.05, 4.69) is 10.1 Å². The summed E-state index contributed by atoms with van der Waals surface area (Å²) in [5, 5.41) is 15.0. The first kappa shape index (κ1) is 15.2. The Labute approximate surface area is 126 Å². The second kappa shape index (κ2) is 4.40. The van der Waals surface area contributed by atoms with Crippen molar-refractivity contribution in [1.29, 1.82) is 0 Å². The number of anilines is 1. The first-order chi connectivity index (χ1) is 10.6. The van der Waals surface area contributed by atoms with Gasteiger partial charge in [0.1, 0.15) is 11.1 Å². The van der Waals surface area contributed by atoms with Gasteiger partial charge in [0.25, 0.3) is 0 Å². The fourth-order valence-corrected chi connectivity index (χ4v) is 2.83. The monoisotopic (exact) mass is 329 g/mol. The van der Waals surface area contributed by atoms with E-state index in [1.165, 1.54) is 6.92 Å². The lowest BCUT2D eigenvalue weighted by molar-refractivity contribution is -0.383. The van der Waals surface area contributed by atoms with Crippen molar-refractivity contribution in [3.8, 4) is 0 Å². The number of nitro groups is 1. The maximum Gasteiger partial charge on any atom is 0.401 e. The summed E-state index contributed by atoms with van der Waals surface area (Å²) in [7, 11) is 0. The topological polar surface area (TPSA) is 93.6 Å². The lowest BCUT2D eigenvalue weighted by Crippen LogP contribution is -2.44. The zero-order valence-corrected chi connectivity index (χ0v) is 12.0. The molecule has 3 heterocycles. The van der Waals surface area contributed by atoms with E-state index >= 15 is 0 Å². The minimum Gasteiger partial charge on any atom is -0.311 e. The van der Waals surface area contributed by atoms with E-state index in [0.29, 0.717) is 0 Å². The molecule has 2 aromatic rings. The summed E-state index contributed by atoms with van der Waals surface area (Å²) >= 11 is 0. The smallest absolute Gasteiger partial charge is 0.311 e. The standard InChI is InChI=1S/C12H10F3N5O3/c1-6-8(20(22)23)10-16-3-7-9(19(10)17-6)11(2,12(13,14)15)4-18(7)5-21/h3,5H,4H2,1-2H3. The molecule has 0 radical (unpaired) electrons. The van der Waals surface area contributed by atoms with Crippen LogP contribution in [0, 0.1) is 17.0 Å². The van der Waals surface area contributed by atoms with Crippen LogP contribution in [0.5, 0.6) is 0 Å². The second-order valence-electron chi connectivity index (χ2n) is 5.48. The van der Waals surface area contributed by atoms with Crippen molar-refractivity contribution in [2.45, 2.75) is 25.4 Å². The van der Waals surface area contributed by atoms with E-state index in [-0.39, 0.29) is 29.1 Å². The van der Waals surface area contributed by atoms with Crippen LogP contribution in [0.15, 0.2) is 6.20 Å². The quantitative estimate of drug-likeness (QED) is 0.475. The third-order valence-corrected chi connectivity index (χ3v) is 4.02. The van der Waals surface area contributed by atoms with Crippen molar-refractivity contribution in [2.24, 2.45) is 0 Å². The van der Waals surface area contributed by atoms with Crippen molar-refractivity contribution >= 4 is 23.4 Å². The van der Waals surface area contributed by atoms with Crippen LogP contribution in [-0.2, 0) is 10.2 Å². The van der Waals surface area contributed by atoms with Gasteiger partial charge in [-0.3, -0.25) is 14.9 Å². The minimum atomic E-state index is -4.68.